The van der Waals surface area contributed by atoms with E-state index in [1.807, 2.05) is 91.4 Å². The monoisotopic (exact) mass is 1080 g/mol. The normalized spacial score (nSPS) is 12.5. The van der Waals surface area contributed by atoms with Gasteiger partial charge < -0.3 is 17.7 Å². The molecule has 0 fully saturated rings. The quantitative estimate of drug-likeness (QED) is 0.165. The highest BCUT2D eigenvalue weighted by Crippen LogP contribution is 2.45. The van der Waals surface area contributed by atoms with Crippen molar-refractivity contribution >= 4 is 143 Å². The SMILES string of the molecule is c1ccc2c(c1)nc1n(-c3nccc4c3oc3ccc(-c5ccc6nc7n(-c8nccc9c8oc8ccccc89)c8c(-c9nccc%10c9oc9ccccc9%10)cccc8n7c6c5)cc34)c3c(-c4cccc5c4oc4ccccc45)cccc3n21. The molecule has 0 saturated carbocycles. The molecule has 0 unspecified atom stereocenters. The molecule has 0 N–H and O–H groups in total. The summed E-state index contributed by atoms with van der Waals surface area (Å²) in [6.07, 6.45) is 5.58. The fourth-order valence-corrected chi connectivity index (χ4v) is 13.6. The highest BCUT2D eigenvalue weighted by molar-refractivity contribution is 6.16. The minimum Gasteiger partial charge on any atom is -0.455 e. The van der Waals surface area contributed by atoms with E-state index in [1.165, 1.54) is 0 Å². The van der Waals surface area contributed by atoms with Crippen molar-refractivity contribution in [3.05, 3.63) is 225 Å². The second kappa shape index (κ2) is 16.0. The average Bonchev–Trinajstić information content (AvgIpc) is 1.87. The molecule has 0 aliphatic heterocycles. The van der Waals surface area contributed by atoms with Gasteiger partial charge in [-0.05, 0) is 96.1 Å². The zero-order chi connectivity index (χ0) is 54.5. The predicted molar refractivity (Wildman–Crippen MR) is 331 cm³/mol. The number of nitrogens with zero attached hydrogens (tertiary/aromatic N) is 9. The van der Waals surface area contributed by atoms with Crippen molar-refractivity contribution < 1.29 is 17.7 Å². The first-order chi connectivity index (χ1) is 41.7. The van der Waals surface area contributed by atoms with E-state index in [9.17, 15) is 0 Å². The smallest absolute Gasteiger partial charge is 0.222 e. The second-order valence-electron chi connectivity index (χ2n) is 21.6. The molecule has 0 bridgehead atoms. The third kappa shape index (κ3) is 5.72. The van der Waals surface area contributed by atoms with Crippen LogP contribution in [-0.2, 0) is 0 Å². The zero-order valence-corrected chi connectivity index (χ0v) is 44.0. The summed E-state index contributed by atoms with van der Waals surface area (Å²) < 4.78 is 35.8. The fourth-order valence-electron chi connectivity index (χ4n) is 13.6. The highest BCUT2D eigenvalue weighted by atomic mass is 16.3. The van der Waals surface area contributed by atoms with E-state index in [1.54, 1.807) is 0 Å². The number of hydrogen-bond acceptors (Lipinski definition) is 9. The van der Waals surface area contributed by atoms with Crippen molar-refractivity contribution in [1.29, 1.82) is 0 Å². The molecule has 20 rings (SSSR count). The second-order valence-corrected chi connectivity index (χ2v) is 21.6. The van der Waals surface area contributed by atoms with Crippen LogP contribution in [-0.4, -0.2) is 42.9 Å². The number of rotatable bonds is 5. The van der Waals surface area contributed by atoms with Crippen LogP contribution in [0.3, 0.4) is 0 Å². The van der Waals surface area contributed by atoms with Gasteiger partial charge in [0.25, 0.3) is 0 Å². The van der Waals surface area contributed by atoms with Gasteiger partial charge in [0.15, 0.2) is 28.4 Å². The Hall–Kier alpha value is -11.8. The molecule has 13 heteroatoms. The Labute approximate surface area is 471 Å². The lowest BCUT2D eigenvalue weighted by Gasteiger charge is -2.10. The van der Waals surface area contributed by atoms with Crippen molar-refractivity contribution in [3.63, 3.8) is 0 Å². The molecule has 9 aromatic carbocycles. The van der Waals surface area contributed by atoms with Crippen molar-refractivity contribution in [2.24, 2.45) is 0 Å². The minimum atomic E-state index is 0.615. The average molecular weight is 1080 g/mol. The number of imidazole rings is 4. The fraction of sp³-hybridized carbons (Fsp3) is 0. The maximum absolute atomic E-state index is 6.99. The largest absolute Gasteiger partial charge is 0.455 e. The standard InChI is InChI=1S/C71H37N9O4/c1-6-23-57-40(12-1)44-16-9-17-45(64(44)81-57)43-15-10-21-54-62(43)79(70-75-51-19-4-5-20-53(51)77(54)70)69-67-48(32-35-74-69)50-36-38(27-29-60(50)84-67)39-26-28-52-56(37-39)78-55-22-11-18-49(61-65-46(30-33-72-61)41-13-2-7-24-58(41)82-65)63(55)80(71(78)76-52)68-66-47(31-34-73-68)42-14-3-8-25-59(42)83-66/h1-37H. The van der Waals surface area contributed by atoms with Crippen LogP contribution in [0.4, 0.5) is 0 Å². The Morgan fingerprint density at radius 1 is 0.298 bits per heavy atom. The molecule has 11 heterocycles. The first kappa shape index (κ1) is 44.0. The number of hydrogen-bond donors (Lipinski definition) is 0. The molecule has 20 aromatic rings. The van der Waals surface area contributed by atoms with Gasteiger partial charge >= 0.3 is 0 Å². The van der Waals surface area contributed by atoms with E-state index in [0.29, 0.717) is 39.9 Å². The third-order valence-electron chi connectivity index (χ3n) is 17.2. The molecule has 0 aliphatic carbocycles. The van der Waals surface area contributed by atoms with Gasteiger partial charge in [0.1, 0.15) is 33.6 Å². The van der Waals surface area contributed by atoms with Gasteiger partial charge in [-0.3, -0.25) is 22.9 Å². The van der Waals surface area contributed by atoms with Crippen molar-refractivity contribution in [3.8, 4) is 45.1 Å². The molecule has 11 aromatic heterocycles. The lowest BCUT2D eigenvalue weighted by molar-refractivity contribution is 0.663. The van der Waals surface area contributed by atoms with Crippen molar-refractivity contribution in [2.75, 3.05) is 0 Å². The number of fused-ring (bicyclic) bond motifs is 22. The van der Waals surface area contributed by atoms with E-state index in [4.69, 9.17) is 42.6 Å². The van der Waals surface area contributed by atoms with Gasteiger partial charge in [-0.25, -0.2) is 19.9 Å². The number of pyridine rings is 3. The summed E-state index contributed by atoms with van der Waals surface area (Å²) in [5.41, 5.74) is 18.8. The Bertz CT molecular complexity index is 6280. The molecular weight excluding hydrogens is 1040 g/mol. The molecule has 0 atom stereocenters. The summed E-state index contributed by atoms with van der Waals surface area (Å²) in [5.74, 6) is 2.64. The van der Waals surface area contributed by atoms with Crippen LogP contribution in [0, 0.1) is 0 Å². The first-order valence-corrected chi connectivity index (χ1v) is 27.8. The maximum Gasteiger partial charge on any atom is 0.222 e. The summed E-state index contributed by atoms with van der Waals surface area (Å²) in [6, 6.07) is 70.8. The maximum atomic E-state index is 6.99. The van der Waals surface area contributed by atoms with Crippen molar-refractivity contribution in [2.45, 2.75) is 0 Å². The summed E-state index contributed by atoms with van der Waals surface area (Å²) in [4.78, 5) is 26.1. The van der Waals surface area contributed by atoms with Crippen LogP contribution in [0.15, 0.2) is 243 Å². The van der Waals surface area contributed by atoms with Crippen LogP contribution in [0.1, 0.15) is 0 Å². The van der Waals surface area contributed by atoms with Crippen LogP contribution < -0.4 is 0 Å². The van der Waals surface area contributed by atoms with Crippen molar-refractivity contribution in [1.82, 2.24) is 42.9 Å². The number of benzene rings is 9. The van der Waals surface area contributed by atoms with E-state index in [2.05, 4.69) is 151 Å². The zero-order valence-electron chi connectivity index (χ0n) is 44.0. The molecule has 84 heavy (non-hydrogen) atoms. The van der Waals surface area contributed by atoms with Gasteiger partial charge in [0.2, 0.25) is 11.6 Å². The van der Waals surface area contributed by atoms with Crippen LogP contribution >= 0.6 is 0 Å². The van der Waals surface area contributed by atoms with Gasteiger partial charge in [0, 0.05) is 78.4 Å². The molecule has 0 radical (unpaired) electrons. The van der Waals surface area contributed by atoms with Crippen LogP contribution in [0.2, 0.25) is 0 Å². The van der Waals surface area contributed by atoms with Gasteiger partial charge in [-0.1, -0.05) is 121 Å². The Morgan fingerprint density at radius 3 is 1.46 bits per heavy atom. The number of furan rings is 4. The Morgan fingerprint density at radius 2 is 0.762 bits per heavy atom. The van der Waals surface area contributed by atoms with Crippen LogP contribution in [0.25, 0.3) is 189 Å². The molecule has 0 aliphatic rings. The van der Waals surface area contributed by atoms with Gasteiger partial charge in [0.05, 0.1) is 44.1 Å². The lowest BCUT2D eigenvalue weighted by atomic mass is 10.0. The topological polar surface area (TPSA) is 136 Å². The molecular formula is C71H37N9O4. The van der Waals surface area contributed by atoms with E-state index < -0.39 is 0 Å². The molecule has 0 spiro atoms. The summed E-state index contributed by atoms with van der Waals surface area (Å²) in [6.45, 7) is 0. The Balaban J connectivity index is 0.799. The van der Waals surface area contributed by atoms with E-state index >= 15 is 0 Å². The predicted octanol–water partition coefficient (Wildman–Crippen LogP) is 18.0. The Kier molecular flexibility index (Phi) is 8.36. The molecule has 390 valence electrons. The first-order valence-electron chi connectivity index (χ1n) is 27.8. The summed E-state index contributed by atoms with van der Waals surface area (Å²) in [7, 11) is 0. The van der Waals surface area contributed by atoms with Crippen LogP contribution in [0.5, 0.6) is 0 Å². The number of aromatic nitrogens is 9. The molecule has 13 nitrogen and oxygen atoms in total. The third-order valence-corrected chi connectivity index (χ3v) is 17.2. The van der Waals surface area contributed by atoms with E-state index in [-0.39, 0.29) is 0 Å². The number of para-hydroxylation sites is 8. The van der Waals surface area contributed by atoms with Gasteiger partial charge in [-0.15, -0.1) is 0 Å². The highest BCUT2D eigenvalue weighted by Gasteiger charge is 2.29. The summed E-state index contributed by atoms with van der Waals surface area (Å²) in [5, 5.41) is 7.99. The van der Waals surface area contributed by atoms with Gasteiger partial charge in [-0.2, -0.15) is 0 Å². The minimum absolute atomic E-state index is 0.615. The molecule has 0 amide bonds. The molecule has 0 saturated heterocycles. The van der Waals surface area contributed by atoms with E-state index in [0.717, 1.165) is 149 Å². The lowest BCUT2D eigenvalue weighted by Crippen LogP contribution is -2.00. The summed E-state index contributed by atoms with van der Waals surface area (Å²) >= 11 is 0.